The number of H-pyrrole nitrogens is 2. The number of fused-ring (bicyclic) bond motifs is 1. The number of rotatable bonds is 5. The van der Waals surface area contributed by atoms with Crippen LogP contribution in [0.1, 0.15) is 21.7 Å². The van der Waals surface area contributed by atoms with Gasteiger partial charge in [0.1, 0.15) is 10.6 Å². The van der Waals surface area contributed by atoms with Crippen molar-refractivity contribution in [2.45, 2.75) is 19.0 Å². The number of hydrogen-bond donors (Lipinski definition) is 2. The molecular formula is C20H16FN3O2S2. The molecular weight excluding hydrogens is 397 g/mol. The zero-order valence-electron chi connectivity index (χ0n) is 15.1. The molecule has 0 aliphatic heterocycles. The second-order valence-corrected chi connectivity index (χ2v) is 8.23. The first-order valence-corrected chi connectivity index (χ1v) is 10.4. The van der Waals surface area contributed by atoms with Crippen molar-refractivity contribution in [2.75, 3.05) is 5.75 Å². The quantitative estimate of drug-likeness (QED) is 0.282. The lowest BCUT2D eigenvalue weighted by atomic mass is 10.1. The lowest BCUT2D eigenvalue weighted by Gasteiger charge is -2.02. The Bertz CT molecular complexity index is 1240. The van der Waals surface area contributed by atoms with Gasteiger partial charge in [0.2, 0.25) is 0 Å². The number of carbonyl (C=O) groups excluding carboxylic acids is 1. The summed E-state index contributed by atoms with van der Waals surface area (Å²) in [6, 6.07) is 7.82. The van der Waals surface area contributed by atoms with Gasteiger partial charge in [-0.3, -0.25) is 9.59 Å². The van der Waals surface area contributed by atoms with Gasteiger partial charge in [-0.1, -0.05) is 23.9 Å². The van der Waals surface area contributed by atoms with Crippen molar-refractivity contribution in [2.24, 2.45) is 0 Å². The SMILES string of the molecule is Cc1cc(C(=O)CSc2nc3scc(-c4ccc(F)cc4)c3c(=O)[nH]2)c(C)[nH]1. The number of halogens is 1. The van der Waals surface area contributed by atoms with Crippen molar-refractivity contribution < 1.29 is 9.18 Å². The van der Waals surface area contributed by atoms with Gasteiger partial charge in [0.25, 0.3) is 5.56 Å². The number of aromatic amines is 2. The van der Waals surface area contributed by atoms with Gasteiger partial charge in [-0.15, -0.1) is 11.3 Å². The first-order valence-electron chi connectivity index (χ1n) is 8.52. The van der Waals surface area contributed by atoms with Crippen LogP contribution in [-0.4, -0.2) is 26.5 Å². The lowest BCUT2D eigenvalue weighted by Crippen LogP contribution is -2.10. The van der Waals surface area contributed by atoms with Gasteiger partial charge in [-0.25, -0.2) is 9.37 Å². The van der Waals surface area contributed by atoms with Crippen LogP contribution in [0.5, 0.6) is 0 Å². The third-order valence-electron chi connectivity index (χ3n) is 4.37. The molecule has 0 bridgehead atoms. The van der Waals surface area contributed by atoms with Crippen LogP contribution < -0.4 is 5.56 Å². The molecule has 142 valence electrons. The molecule has 0 radical (unpaired) electrons. The minimum absolute atomic E-state index is 0.0206. The fraction of sp³-hybridized carbons (Fsp3) is 0.150. The average Bonchev–Trinajstić information content (AvgIpc) is 3.23. The van der Waals surface area contributed by atoms with Gasteiger partial charge in [0, 0.05) is 27.9 Å². The van der Waals surface area contributed by atoms with E-state index < -0.39 is 0 Å². The predicted molar refractivity (Wildman–Crippen MR) is 111 cm³/mol. The molecule has 0 aliphatic carbocycles. The molecule has 0 saturated heterocycles. The van der Waals surface area contributed by atoms with Crippen LogP contribution in [0.3, 0.4) is 0 Å². The van der Waals surface area contributed by atoms with Crippen molar-refractivity contribution in [1.82, 2.24) is 15.0 Å². The van der Waals surface area contributed by atoms with E-state index in [1.165, 1.54) is 35.2 Å². The molecule has 8 heteroatoms. The minimum atomic E-state index is -0.327. The maximum atomic E-state index is 13.2. The van der Waals surface area contributed by atoms with Crippen molar-refractivity contribution in [1.29, 1.82) is 0 Å². The standard InChI is InChI=1S/C20H16FN3O2S2/c1-10-7-14(11(2)22-10)16(25)9-28-20-23-18(26)17-15(8-27-19(17)24-20)12-3-5-13(21)6-4-12/h3-8,22H,9H2,1-2H3,(H,23,24,26). The Labute approximate surface area is 168 Å². The van der Waals surface area contributed by atoms with Crippen molar-refractivity contribution >= 4 is 39.1 Å². The lowest BCUT2D eigenvalue weighted by molar-refractivity contribution is 0.102. The predicted octanol–water partition coefficient (Wildman–Crippen LogP) is 4.71. The van der Waals surface area contributed by atoms with E-state index in [4.69, 9.17) is 0 Å². The number of hydrogen-bond acceptors (Lipinski definition) is 5. The maximum Gasteiger partial charge on any atom is 0.260 e. The molecule has 3 aromatic heterocycles. The second-order valence-electron chi connectivity index (χ2n) is 6.41. The number of Topliss-reactive ketones (excluding diaryl/α,β-unsaturated/α-hetero) is 1. The van der Waals surface area contributed by atoms with E-state index in [1.54, 1.807) is 12.1 Å². The molecule has 0 aliphatic rings. The van der Waals surface area contributed by atoms with Gasteiger partial charge in [0.05, 0.1) is 11.1 Å². The number of aryl methyl sites for hydroxylation is 2. The molecule has 4 rings (SSSR count). The Hall–Kier alpha value is -2.71. The molecule has 1 aromatic carbocycles. The molecule has 0 unspecified atom stereocenters. The van der Waals surface area contributed by atoms with E-state index in [0.717, 1.165) is 22.5 Å². The summed E-state index contributed by atoms with van der Waals surface area (Å²) in [6.07, 6.45) is 0. The van der Waals surface area contributed by atoms with E-state index in [-0.39, 0.29) is 22.9 Å². The molecule has 3 heterocycles. The van der Waals surface area contributed by atoms with Crippen LogP contribution in [0.2, 0.25) is 0 Å². The van der Waals surface area contributed by atoms with E-state index in [1.807, 2.05) is 25.3 Å². The first-order chi connectivity index (χ1) is 13.4. The van der Waals surface area contributed by atoms with Gasteiger partial charge < -0.3 is 9.97 Å². The van der Waals surface area contributed by atoms with Crippen LogP contribution in [0.4, 0.5) is 4.39 Å². The number of ketones is 1. The van der Waals surface area contributed by atoms with Crippen molar-refractivity contribution in [3.05, 3.63) is 68.8 Å². The maximum absolute atomic E-state index is 13.2. The highest BCUT2D eigenvalue weighted by molar-refractivity contribution is 7.99. The zero-order chi connectivity index (χ0) is 19.8. The van der Waals surface area contributed by atoms with Crippen LogP contribution in [0, 0.1) is 19.7 Å². The molecule has 0 fully saturated rings. The molecule has 2 N–H and O–H groups in total. The van der Waals surface area contributed by atoms with E-state index in [2.05, 4.69) is 15.0 Å². The fourth-order valence-electron chi connectivity index (χ4n) is 3.06. The van der Waals surface area contributed by atoms with Gasteiger partial charge >= 0.3 is 0 Å². The monoisotopic (exact) mass is 413 g/mol. The summed E-state index contributed by atoms with van der Waals surface area (Å²) >= 11 is 2.55. The van der Waals surface area contributed by atoms with Gasteiger partial charge in [-0.2, -0.15) is 0 Å². The van der Waals surface area contributed by atoms with Crippen LogP contribution in [0.25, 0.3) is 21.3 Å². The smallest absolute Gasteiger partial charge is 0.260 e. The number of benzene rings is 1. The Kier molecular flexibility index (Phi) is 4.91. The highest BCUT2D eigenvalue weighted by Gasteiger charge is 2.16. The third-order valence-corrected chi connectivity index (χ3v) is 6.11. The molecule has 5 nitrogen and oxygen atoms in total. The highest BCUT2D eigenvalue weighted by atomic mass is 32.2. The molecule has 0 atom stereocenters. The Balaban J connectivity index is 1.60. The number of thioether (sulfide) groups is 1. The summed E-state index contributed by atoms with van der Waals surface area (Å²) in [5.74, 6) is -0.165. The summed E-state index contributed by atoms with van der Waals surface area (Å²) in [7, 11) is 0. The Morgan fingerprint density at radius 2 is 1.96 bits per heavy atom. The number of aromatic nitrogens is 3. The molecule has 28 heavy (non-hydrogen) atoms. The summed E-state index contributed by atoms with van der Waals surface area (Å²) < 4.78 is 13.2. The normalized spacial score (nSPS) is 11.2. The third kappa shape index (κ3) is 3.53. The van der Waals surface area contributed by atoms with E-state index in [9.17, 15) is 14.0 Å². The average molecular weight is 413 g/mol. The van der Waals surface area contributed by atoms with Gasteiger partial charge in [-0.05, 0) is 37.6 Å². The van der Waals surface area contributed by atoms with Crippen LogP contribution >= 0.6 is 23.1 Å². The summed E-state index contributed by atoms with van der Waals surface area (Å²) in [6.45, 7) is 3.76. The summed E-state index contributed by atoms with van der Waals surface area (Å²) in [4.78, 5) is 36.0. The molecule has 0 amide bonds. The largest absolute Gasteiger partial charge is 0.362 e. The second kappa shape index (κ2) is 7.37. The summed E-state index contributed by atoms with van der Waals surface area (Å²) in [5.41, 5.74) is 3.64. The van der Waals surface area contributed by atoms with Crippen molar-refractivity contribution in [3.63, 3.8) is 0 Å². The van der Waals surface area contributed by atoms with Crippen molar-refractivity contribution in [3.8, 4) is 11.1 Å². The topological polar surface area (TPSA) is 78.6 Å². The van der Waals surface area contributed by atoms with Crippen LogP contribution in [-0.2, 0) is 0 Å². The Morgan fingerprint density at radius 3 is 2.64 bits per heavy atom. The molecule has 0 saturated carbocycles. The number of nitrogens with one attached hydrogen (secondary N) is 2. The summed E-state index contributed by atoms with van der Waals surface area (Å²) in [5, 5.41) is 2.72. The zero-order valence-corrected chi connectivity index (χ0v) is 16.8. The molecule has 4 aromatic rings. The number of carbonyl (C=O) groups is 1. The first kappa shape index (κ1) is 18.6. The minimum Gasteiger partial charge on any atom is -0.362 e. The van der Waals surface area contributed by atoms with E-state index in [0.29, 0.717) is 20.9 Å². The van der Waals surface area contributed by atoms with E-state index >= 15 is 0 Å². The number of nitrogens with zero attached hydrogens (tertiary/aromatic N) is 1. The molecule has 0 spiro atoms. The van der Waals surface area contributed by atoms with Crippen LogP contribution in [0.15, 0.2) is 45.7 Å². The number of thiophene rings is 1. The van der Waals surface area contributed by atoms with Gasteiger partial charge in [0.15, 0.2) is 10.9 Å². The highest BCUT2D eigenvalue weighted by Crippen LogP contribution is 2.31. The Morgan fingerprint density at radius 1 is 1.21 bits per heavy atom. The fourth-order valence-corrected chi connectivity index (χ4v) is 4.81.